The molecule has 1 aromatic heterocycles. The highest BCUT2D eigenvalue weighted by atomic mass is 32.1. The number of rotatable bonds is 20. The van der Waals surface area contributed by atoms with Crippen molar-refractivity contribution < 1.29 is 43.8 Å². The van der Waals surface area contributed by atoms with Crippen LogP contribution in [0.4, 0.5) is 0 Å². The van der Waals surface area contributed by atoms with Gasteiger partial charge >= 0.3 is 11.9 Å². The van der Waals surface area contributed by atoms with Crippen LogP contribution in [-0.2, 0) is 40.0 Å². The molecule has 2 aromatic rings. The minimum absolute atomic E-state index is 0.00727. The quantitative estimate of drug-likeness (QED) is 0.0783. The van der Waals surface area contributed by atoms with Crippen molar-refractivity contribution in [2.45, 2.75) is 83.2 Å². The molecule has 0 aliphatic rings. The van der Waals surface area contributed by atoms with E-state index in [9.17, 15) is 43.8 Å². The van der Waals surface area contributed by atoms with Gasteiger partial charge in [-0.05, 0) is 29.9 Å². The second kappa shape index (κ2) is 19.8. The van der Waals surface area contributed by atoms with Crippen LogP contribution >= 0.6 is 25.3 Å². The molecule has 1 aromatic carbocycles. The molecule has 0 unspecified atom stereocenters. The fourth-order valence-electron chi connectivity index (χ4n) is 4.96. The summed E-state index contributed by atoms with van der Waals surface area (Å²) in [5.74, 6) is -7.87. The first kappa shape index (κ1) is 41.9. The Labute approximate surface area is 300 Å². The number of carboxylic acid groups (broad SMARTS) is 2. The highest BCUT2D eigenvalue weighted by Gasteiger charge is 2.35. The molecule has 0 fully saturated rings. The number of nitrogens with one attached hydrogen (secondary N) is 6. The number of amides is 5. The largest absolute Gasteiger partial charge is 0.481 e. The number of hydrogen-bond acceptors (Lipinski definition) is 10. The van der Waals surface area contributed by atoms with Gasteiger partial charge in [-0.25, -0.2) is 4.79 Å². The van der Waals surface area contributed by atoms with Gasteiger partial charge < -0.3 is 47.5 Å². The second-order valence-electron chi connectivity index (χ2n) is 12.6. The van der Waals surface area contributed by atoms with Crippen LogP contribution in [0, 0.1) is 11.8 Å². The minimum atomic E-state index is -1.68. The number of benzene rings is 1. The topological polar surface area (TPSA) is 262 Å². The number of thiol groups is 2. The molecule has 0 spiro atoms. The van der Waals surface area contributed by atoms with Gasteiger partial charge in [0.25, 0.3) is 0 Å². The highest BCUT2D eigenvalue weighted by Crippen LogP contribution is 2.19. The lowest BCUT2D eigenvalue weighted by Crippen LogP contribution is -2.60. The molecule has 0 radical (unpaired) electrons. The van der Waals surface area contributed by atoms with E-state index in [4.69, 9.17) is 5.73 Å². The van der Waals surface area contributed by atoms with Crippen LogP contribution in [0.2, 0.25) is 0 Å². The molecular formula is C32H47N7O9S2. The Morgan fingerprint density at radius 2 is 1.30 bits per heavy atom. The number of aliphatic carboxylic acids is 2. The molecule has 0 aliphatic heterocycles. The third kappa shape index (κ3) is 12.5. The molecule has 0 saturated carbocycles. The van der Waals surface area contributed by atoms with E-state index in [1.807, 2.05) is 24.3 Å². The number of carboxylic acids is 2. The van der Waals surface area contributed by atoms with E-state index in [1.54, 1.807) is 33.9 Å². The molecule has 16 nitrogen and oxygen atoms in total. The molecule has 0 bridgehead atoms. The van der Waals surface area contributed by atoms with Gasteiger partial charge in [0.15, 0.2) is 0 Å². The van der Waals surface area contributed by atoms with E-state index in [1.165, 1.54) is 0 Å². The molecule has 276 valence electrons. The SMILES string of the molecule is CC(C)C[C@H](NC(=O)[C@H](Cc1c[nH]c2ccccc12)NC(=O)[C@@H](N)CS)C(=O)N[C@@H](CC(=O)O)C(=O)N[C@H](C(=O)N[C@@H](CS)C(=O)O)C(C)C. The van der Waals surface area contributed by atoms with Crippen LogP contribution in [0.3, 0.4) is 0 Å². The first-order chi connectivity index (χ1) is 23.5. The zero-order valence-electron chi connectivity index (χ0n) is 28.3. The minimum Gasteiger partial charge on any atom is -0.481 e. The van der Waals surface area contributed by atoms with Crippen LogP contribution in [0.5, 0.6) is 0 Å². The standard InChI is InChI=1S/C32H47N7O9S2/c1-15(2)9-21(36-29(44)22(35-27(42)19(33)13-49)10-17-12-34-20-8-6-5-7-18(17)20)28(43)37-23(11-25(40)41)30(45)39-26(16(3)4)31(46)38-24(14-50)32(47)48/h5-8,12,15-16,19,21-24,26,34,49-50H,9-11,13-14,33H2,1-4H3,(H,35,42)(H,36,44)(H,37,43)(H,38,46)(H,39,45)(H,40,41)(H,47,48)/t19-,21-,22-,23-,24-,26-/m0/s1. The predicted octanol–water partition coefficient (Wildman–Crippen LogP) is -0.417. The number of carbonyl (C=O) groups is 7. The molecular weight excluding hydrogens is 691 g/mol. The first-order valence-electron chi connectivity index (χ1n) is 16.0. The maximum Gasteiger partial charge on any atom is 0.327 e. The average molecular weight is 738 g/mol. The molecule has 50 heavy (non-hydrogen) atoms. The Kier molecular flexibility index (Phi) is 16.6. The van der Waals surface area contributed by atoms with Gasteiger partial charge in [0, 0.05) is 35.0 Å². The van der Waals surface area contributed by atoms with Crippen molar-refractivity contribution in [1.82, 2.24) is 31.6 Å². The molecule has 0 aliphatic carbocycles. The van der Waals surface area contributed by atoms with Crippen molar-refractivity contribution >= 4 is 77.6 Å². The van der Waals surface area contributed by atoms with Crippen LogP contribution in [0.25, 0.3) is 10.9 Å². The number of H-pyrrole nitrogens is 1. The summed E-state index contributed by atoms with van der Waals surface area (Å²) in [6, 6.07) is -0.460. The van der Waals surface area contributed by atoms with Gasteiger partial charge in [0.05, 0.1) is 12.5 Å². The van der Waals surface area contributed by atoms with Crippen LogP contribution in [0.15, 0.2) is 30.5 Å². The molecule has 5 amide bonds. The van der Waals surface area contributed by atoms with E-state index in [-0.39, 0.29) is 30.3 Å². The fraction of sp³-hybridized carbons (Fsp3) is 0.531. The molecule has 0 saturated heterocycles. The average Bonchev–Trinajstić information content (AvgIpc) is 3.46. The summed E-state index contributed by atoms with van der Waals surface area (Å²) in [6.07, 6.45) is 0.922. The number of nitrogens with two attached hydrogens (primary N) is 1. The molecule has 1 heterocycles. The van der Waals surface area contributed by atoms with E-state index in [0.717, 1.165) is 10.9 Å². The van der Waals surface area contributed by atoms with Crippen LogP contribution < -0.4 is 32.3 Å². The summed E-state index contributed by atoms with van der Waals surface area (Å²) in [4.78, 5) is 92.6. The number of carbonyl (C=O) groups excluding carboxylic acids is 5. The summed E-state index contributed by atoms with van der Waals surface area (Å²) in [5, 5.41) is 32.0. The van der Waals surface area contributed by atoms with Gasteiger partial charge in [-0.3, -0.25) is 28.8 Å². The first-order valence-corrected chi connectivity index (χ1v) is 17.2. The molecule has 2 rings (SSSR count). The predicted molar refractivity (Wildman–Crippen MR) is 192 cm³/mol. The van der Waals surface area contributed by atoms with Crippen molar-refractivity contribution in [1.29, 1.82) is 0 Å². The third-order valence-electron chi connectivity index (χ3n) is 7.66. The summed E-state index contributed by atoms with van der Waals surface area (Å²) in [7, 11) is 0. The number of aromatic amines is 1. The van der Waals surface area contributed by atoms with Gasteiger partial charge in [-0.15, -0.1) is 0 Å². The summed E-state index contributed by atoms with van der Waals surface area (Å²) < 4.78 is 0. The van der Waals surface area contributed by atoms with Crippen LogP contribution in [0.1, 0.15) is 46.1 Å². The van der Waals surface area contributed by atoms with E-state index >= 15 is 0 Å². The summed E-state index contributed by atoms with van der Waals surface area (Å²) in [6.45, 7) is 6.72. The number of hydrogen-bond donors (Lipinski definition) is 11. The Hall–Kier alpha value is -4.29. The highest BCUT2D eigenvalue weighted by molar-refractivity contribution is 7.80. The number of aromatic nitrogens is 1. The summed E-state index contributed by atoms with van der Waals surface area (Å²) in [5.41, 5.74) is 7.36. The van der Waals surface area contributed by atoms with E-state index in [2.05, 4.69) is 56.8 Å². The smallest absolute Gasteiger partial charge is 0.327 e. The maximum atomic E-state index is 13.8. The molecule has 6 atom stereocenters. The van der Waals surface area contributed by atoms with E-state index < -0.39 is 90.1 Å². The van der Waals surface area contributed by atoms with Crippen molar-refractivity contribution in [3.8, 4) is 0 Å². The second-order valence-corrected chi connectivity index (χ2v) is 13.3. The molecule has 18 heteroatoms. The zero-order valence-corrected chi connectivity index (χ0v) is 30.1. The van der Waals surface area contributed by atoms with Gasteiger partial charge in [-0.2, -0.15) is 25.3 Å². The maximum absolute atomic E-state index is 13.8. The van der Waals surface area contributed by atoms with Crippen molar-refractivity contribution in [3.63, 3.8) is 0 Å². The lowest BCUT2D eigenvalue weighted by atomic mass is 9.99. The van der Waals surface area contributed by atoms with Crippen molar-refractivity contribution in [2.24, 2.45) is 17.6 Å². The normalized spacial score (nSPS) is 14.9. The lowest BCUT2D eigenvalue weighted by molar-refractivity contribution is -0.143. The molecule has 10 N–H and O–H groups in total. The number of fused-ring (bicyclic) bond motifs is 1. The Morgan fingerprint density at radius 3 is 1.86 bits per heavy atom. The monoisotopic (exact) mass is 737 g/mol. The zero-order chi connectivity index (χ0) is 37.7. The number of para-hydroxylation sites is 1. The Bertz CT molecular complexity index is 1530. The van der Waals surface area contributed by atoms with Gasteiger partial charge in [0.2, 0.25) is 29.5 Å². The Morgan fingerprint density at radius 1 is 0.740 bits per heavy atom. The van der Waals surface area contributed by atoms with Crippen molar-refractivity contribution in [3.05, 3.63) is 36.0 Å². The van der Waals surface area contributed by atoms with E-state index in [0.29, 0.717) is 5.56 Å². The Balaban J connectivity index is 2.33. The van der Waals surface area contributed by atoms with Crippen LogP contribution in [-0.4, -0.2) is 104 Å². The van der Waals surface area contributed by atoms with Gasteiger partial charge in [-0.1, -0.05) is 45.9 Å². The van der Waals surface area contributed by atoms with Crippen molar-refractivity contribution in [2.75, 3.05) is 11.5 Å². The lowest BCUT2D eigenvalue weighted by Gasteiger charge is -2.28. The van der Waals surface area contributed by atoms with Gasteiger partial charge in [0.1, 0.15) is 30.2 Å². The fourth-order valence-corrected chi connectivity index (χ4v) is 5.37. The summed E-state index contributed by atoms with van der Waals surface area (Å²) >= 11 is 7.98. The third-order valence-corrected chi connectivity index (χ3v) is 8.42.